The predicted octanol–water partition coefficient (Wildman–Crippen LogP) is 2.98. The molecule has 1 saturated heterocycles. The third kappa shape index (κ3) is 2.12. The second-order valence-electron chi connectivity index (χ2n) is 6.43. The zero-order valence-corrected chi connectivity index (χ0v) is 12.6. The number of phenolic OH excluding ortho intramolecular Hbond substituents is 1. The van der Waals surface area contributed by atoms with Crippen LogP contribution >= 0.6 is 0 Å². The fraction of sp³-hybridized carbons (Fsp3) is 0.375. The van der Waals surface area contributed by atoms with Crippen molar-refractivity contribution in [1.29, 1.82) is 0 Å². The van der Waals surface area contributed by atoms with Crippen molar-refractivity contribution in [2.24, 2.45) is 0 Å². The molecule has 2 aromatic carbocycles. The molecular formula is C16H18BFO3. The Kier molecular flexibility index (Phi) is 3.04. The molecule has 3 nitrogen and oxygen atoms in total. The van der Waals surface area contributed by atoms with E-state index in [9.17, 15) is 9.50 Å². The number of hydrogen-bond acceptors (Lipinski definition) is 3. The van der Waals surface area contributed by atoms with E-state index in [4.69, 9.17) is 9.31 Å². The molecule has 1 heterocycles. The van der Waals surface area contributed by atoms with Gasteiger partial charge in [0.2, 0.25) is 0 Å². The third-order valence-corrected chi connectivity index (χ3v) is 4.49. The molecule has 110 valence electrons. The van der Waals surface area contributed by atoms with Crippen LogP contribution in [0.4, 0.5) is 4.39 Å². The summed E-state index contributed by atoms with van der Waals surface area (Å²) < 4.78 is 26.3. The molecule has 3 rings (SSSR count). The average Bonchev–Trinajstić information content (AvgIpc) is 2.59. The predicted molar refractivity (Wildman–Crippen MR) is 81.3 cm³/mol. The van der Waals surface area contributed by atoms with Gasteiger partial charge in [-0.05, 0) is 44.5 Å². The highest BCUT2D eigenvalue weighted by molar-refractivity contribution is 6.65. The quantitative estimate of drug-likeness (QED) is 0.820. The molecule has 0 amide bonds. The molecular weight excluding hydrogens is 270 g/mol. The number of benzene rings is 2. The van der Waals surface area contributed by atoms with Gasteiger partial charge in [0, 0.05) is 5.46 Å². The van der Waals surface area contributed by atoms with Crippen molar-refractivity contribution in [2.45, 2.75) is 38.9 Å². The molecule has 5 heteroatoms. The lowest BCUT2D eigenvalue weighted by Gasteiger charge is -2.32. The van der Waals surface area contributed by atoms with Crippen molar-refractivity contribution in [2.75, 3.05) is 0 Å². The molecule has 1 fully saturated rings. The maximum atomic E-state index is 14.5. The van der Waals surface area contributed by atoms with Crippen molar-refractivity contribution >= 4 is 23.4 Å². The largest absolute Gasteiger partial charge is 0.505 e. The molecule has 21 heavy (non-hydrogen) atoms. The molecule has 0 radical (unpaired) electrons. The van der Waals surface area contributed by atoms with Crippen molar-refractivity contribution in [3.63, 3.8) is 0 Å². The maximum absolute atomic E-state index is 14.5. The van der Waals surface area contributed by atoms with Gasteiger partial charge in [0.15, 0.2) is 11.6 Å². The van der Waals surface area contributed by atoms with Crippen molar-refractivity contribution in [1.82, 2.24) is 0 Å². The van der Waals surface area contributed by atoms with Crippen molar-refractivity contribution in [3.05, 3.63) is 36.1 Å². The molecule has 1 aliphatic rings. The highest BCUT2D eigenvalue weighted by atomic mass is 19.1. The number of halogens is 1. The van der Waals surface area contributed by atoms with Gasteiger partial charge in [-0.2, -0.15) is 0 Å². The highest BCUT2D eigenvalue weighted by Gasteiger charge is 2.53. The Hall–Kier alpha value is -1.59. The van der Waals surface area contributed by atoms with E-state index in [1.807, 2.05) is 45.9 Å². The number of fused-ring (bicyclic) bond motifs is 1. The van der Waals surface area contributed by atoms with E-state index in [-0.39, 0.29) is 5.46 Å². The van der Waals surface area contributed by atoms with Gasteiger partial charge < -0.3 is 14.4 Å². The SMILES string of the molecule is CC1(C)OB(c2c(F)c(O)cc3ccccc23)OC1(C)C. The first-order chi connectivity index (χ1) is 9.73. The molecule has 0 unspecified atom stereocenters. The smallest absolute Gasteiger partial charge is 0.498 e. The summed E-state index contributed by atoms with van der Waals surface area (Å²) in [7, 11) is -0.841. The minimum Gasteiger partial charge on any atom is -0.505 e. The molecule has 0 saturated carbocycles. The van der Waals surface area contributed by atoms with Gasteiger partial charge in [-0.25, -0.2) is 4.39 Å². The lowest BCUT2D eigenvalue weighted by molar-refractivity contribution is 0.00578. The minimum atomic E-state index is -0.841. The van der Waals surface area contributed by atoms with E-state index in [0.29, 0.717) is 5.39 Å². The van der Waals surface area contributed by atoms with E-state index >= 15 is 0 Å². The van der Waals surface area contributed by atoms with Crippen LogP contribution in [0.1, 0.15) is 27.7 Å². The number of hydrogen-bond donors (Lipinski definition) is 1. The Morgan fingerprint density at radius 3 is 2.24 bits per heavy atom. The van der Waals surface area contributed by atoms with Gasteiger partial charge in [-0.3, -0.25) is 0 Å². The molecule has 0 atom stereocenters. The lowest BCUT2D eigenvalue weighted by Crippen LogP contribution is -2.41. The van der Waals surface area contributed by atoms with Crippen LogP contribution in [0.25, 0.3) is 10.8 Å². The molecule has 0 aromatic heterocycles. The molecule has 0 aliphatic carbocycles. The zero-order valence-electron chi connectivity index (χ0n) is 12.6. The van der Waals surface area contributed by atoms with Crippen molar-refractivity contribution < 1.29 is 18.8 Å². The Balaban J connectivity index is 2.20. The van der Waals surface area contributed by atoms with Gasteiger partial charge in [0.05, 0.1) is 11.2 Å². The molecule has 2 aromatic rings. The topological polar surface area (TPSA) is 38.7 Å². The molecule has 0 spiro atoms. The van der Waals surface area contributed by atoms with Gasteiger partial charge in [0.1, 0.15) is 0 Å². The summed E-state index contributed by atoms with van der Waals surface area (Å²) in [5.74, 6) is -1.08. The van der Waals surface area contributed by atoms with E-state index in [0.717, 1.165) is 5.39 Å². The first kappa shape index (κ1) is 14.4. The van der Waals surface area contributed by atoms with Gasteiger partial charge in [-0.1, -0.05) is 24.3 Å². The fourth-order valence-electron chi connectivity index (χ4n) is 2.53. The van der Waals surface area contributed by atoms with E-state index in [1.165, 1.54) is 6.07 Å². The van der Waals surface area contributed by atoms with Crippen LogP contribution in [-0.4, -0.2) is 23.4 Å². The summed E-state index contributed by atoms with van der Waals surface area (Å²) in [4.78, 5) is 0. The average molecular weight is 288 g/mol. The Morgan fingerprint density at radius 1 is 1.05 bits per heavy atom. The Bertz CT molecular complexity index is 696. The second-order valence-corrected chi connectivity index (χ2v) is 6.43. The first-order valence-corrected chi connectivity index (χ1v) is 6.99. The fourth-order valence-corrected chi connectivity index (χ4v) is 2.53. The van der Waals surface area contributed by atoms with Crippen LogP contribution in [0.15, 0.2) is 30.3 Å². The summed E-state index contributed by atoms with van der Waals surface area (Å²) >= 11 is 0. The van der Waals surface area contributed by atoms with Crippen LogP contribution in [-0.2, 0) is 9.31 Å². The zero-order chi connectivity index (χ0) is 15.4. The summed E-state index contributed by atoms with van der Waals surface area (Å²) in [5, 5.41) is 11.3. The number of aromatic hydroxyl groups is 1. The van der Waals surface area contributed by atoms with Crippen LogP contribution in [0.3, 0.4) is 0 Å². The third-order valence-electron chi connectivity index (χ3n) is 4.49. The molecule has 1 aliphatic heterocycles. The normalized spacial score (nSPS) is 20.1. The molecule has 1 N–H and O–H groups in total. The van der Waals surface area contributed by atoms with E-state index < -0.39 is 29.9 Å². The minimum absolute atomic E-state index is 0.254. The van der Waals surface area contributed by atoms with Gasteiger partial charge in [-0.15, -0.1) is 0 Å². The summed E-state index contributed by atoms with van der Waals surface area (Å²) in [6.45, 7) is 7.65. The monoisotopic (exact) mass is 288 g/mol. The summed E-state index contributed by atoms with van der Waals surface area (Å²) in [6.07, 6.45) is 0. The highest BCUT2D eigenvalue weighted by Crippen LogP contribution is 2.37. The van der Waals surface area contributed by atoms with Crippen LogP contribution in [0, 0.1) is 5.82 Å². The van der Waals surface area contributed by atoms with Crippen LogP contribution in [0.2, 0.25) is 0 Å². The van der Waals surface area contributed by atoms with Gasteiger partial charge in [0.25, 0.3) is 0 Å². The second kappa shape index (κ2) is 4.45. The Labute approximate surface area is 123 Å². The summed E-state index contributed by atoms with van der Waals surface area (Å²) in [5.41, 5.74) is -0.864. The van der Waals surface area contributed by atoms with E-state index in [2.05, 4.69) is 0 Å². The Morgan fingerprint density at radius 2 is 1.62 bits per heavy atom. The first-order valence-electron chi connectivity index (χ1n) is 6.99. The maximum Gasteiger partial charge on any atom is 0.498 e. The number of rotatable bonds is 1. The number of phenols is 1. The molecule has 0 bridgehead atoms. The van der Waals surface area contributed by atoms with Crippen molar-refractivity contribution in [3.8, 4) is 5.75 Å². The van der Waals surface area contributed by atoms with E-state index in [1.54, 1.807) is 6.07 Å². The van der Waals surface area contributed by atoms with Crippen LogP contribution in [0.5, 0.6) is 5.75 Å². The lowest BCUT2D eigenvalue weighted by atomic mass is 9.75. The van der Waals surface area contributed by atoms with Gasteiger partial charge >= 0.3 is 7.12 Å². The standard InChI is InChI=1S/C16H18BFO3/c1-15(2)16(3,4)21-17(20-15)13-11-8-6-5-7-10(11)9-12(19)14(13)18/h5-9,19H,1-4H3. The van der Waals surface area contributed by atoms with Crippen LogP contribution < -0.4 is 5.46 Å². The summed E-state index contributed by atoms with van der Waals surface area (Å²) in [6, 6.07) is 8.71.